The quantitative estimate of drug-likeness (QED) is 0.347. The molecule has 0 spiro atoms. The second kappa shape index (κ2) is 8.06. The van der Waals surface area contributed by atoms with Crippen LogP contribution in [0.3, 0.4) is 0 Å². The summed E-state index contributed by atoms with van der Waals surface area (Å²) in [7, 11) is 0. The number of nitrogens with one attached hydrogen (secondary N) is 1. The fourth-order valence-electron chi connectivity index (χ4n) is 3.00. The SMILES string of the molecule is O=c1[nH]c(CSc2nnc(-c3ccccc3)o2)nc2scc(-c3ccc(Cl)cc3)c12. The number of halogens is 1. The fourth-order valence-corrected chi connectivity index (χ4v) is 4.73. The van der Waals surface area contributed by atoms with E-state index in [0.29, 0.717) is 37.9 Å². The van der Waals surface area contributed by atoms with Crippen molar-refractivity contribution < 1.29 is 4.42 Å². The van der Waals surface area contributed by atoms with Crippen LogP contribution in [0.1, 0.15) is 5.82 Å². The molecule has 0 fully saturated rings. The summed E-state index contributed by atoms with van der Waals surface area (Å²) in [5, 5.41) is 11.7. The molecule has 3 heterocycles. The third-order valence-electron chi connectivity index (χ3n) is 4.41. The van der Waals surface area contributed by atoms with Gasteiger partial charge in [0, 0.05) is 21.5 Å². The van der Waals surface area contributed by atoms with Crippen LogP contribution in [0.15, 0.2) is 74.4 Å². The third kappa shape index (κ3) is 3.77. The molecule has 0 radical (unpaired) electrons. The molecular formula is C21H13ClN4O2S2. The van der Waals surface area contributed by atoms with E-state index in [2.05, 4.69) is 20.2 Å². The number of H-pyrrole nitrogens is 1. The Labute approximate surface area is 184 Å². The number of aromatic amines is 1. The van der Waals surface area contributed by atoms with E-state index in [0.717, 1.165) is 16.7 Å². The van der Waals surface area contributed by atoms with Gasteiger partial charge >= 0.3 is 0 Å². The number of thiophene rings is 1. The summed E-state index contributed by atoms with van der Waals surface area (Å²) in [6.07, 6.45) is 0. The summed E-state index contributed by atoms with van der Waals surface area (Å²) in [6.45, 7) is 0. The van der Waals surface area contributed by atoms with Crippen LogP contribution in [0, 0.1) is 0 Å². The van der Waals surface area contributed by atoms with Crippen molar-refractivity contribution in [2.75, 3.05) is 0 Å². The Morgan fingerprint density at radius 1 is 1.03 bits per heavy atom. The van der Waals surface area contributed by atoms with E-state index in [-0.39, 0.29) is 5.56 Å². The molecule has 0 saturated heterocycles. The molecule has 1 N–H and O–H groups in total. The van der Waals surface area contributed by atoms with Crippen molar-refractivity contribution >= 4 is 44.9 Å². The molecule has 0 amide bonds. The summed E-state index contributed by atoms with van der Waals surface area (Å²) in [6, 6.07) is 17.0. The maximum atomic E-state index is 12.7. The van der Waals surface area contributed by atoms with E-state index in [4.69, 9.17) is 16.0 Å². The highest BCUT2D eigenvalue weighted by atomic mass is 35.5. The van der Waals surface area contributed by atoms with Gasteiger partial charge in [0.25, 0.3) is 10.8 Å². The number of hydrogen-bond acceptors (Lipinski definition) is 7. The van der Waals surface area contributed by atoms with Crippen molar-refractivity contribution in [3.63, 3.8) is 0 Å². The smallest absolute Gasteiger partial charge is 0.277 e. The number of hydrogen-bond donors (Lipinski definition) is 1. The molecule has 0 aliphatic heterocycles. The predicted octanol–water partition coefficient (Wildman–Crippen LogP) is 5.65. The minimum atomic E-state index is -0.169. The summed E-state index contributed by atoms with van der Waals surface area (Å²) in [5.74, 6) is 1.43. The Hall–Kier alpha value is -2.94. The second-order valence-electron chi connectivity index (χ2n) is 6.38. The van der Waals surface area contributed by atoms with Crippen molar-refractivity contribution in [3.05, 3.63) is 81.2 Å². The summed E-state index contributed by atoms with van der Waals surface area (Å²) >= 11 is 8.74. The molecule has 3 aromatic heterocycles. The highest BCUT2D eigenvalue weighted by molar-refractivity contribution is 7.98. The average molecular weight is 453 g/mol. The van der Waals surface area contributed by atoms with Crippen LogP contribution in [-0.2, 0) is 5.75 Å². The molecule has 0 atom stereocenters. The standard InChI is InChI=1S/C21H13ClN4O2S2/c22-14-8-6-12(7-9-14)15-10-29-20-17(15)18(27)23-16(24-20)11-30-21-26-25-19(28-21)13-4-2-1-3-5-13/h1-10H,11H2,(H,23,24,27). The van der Waals surface area contributed by atoms with Gasteiger partial charge in [0.1, 0.15) is 10.7 Å². The van der Waals surface area contributed by atoms with E-state index in [1.54, 1.807) is 12.1 Å². The van der Waals surface area contributed by atoms with Gasteiger partial charge in [-0.3, -0.25) is 4.79 Å². The Morgan fingerprint density at radius 2 is 1.83 bits per heavy atom. The highest BCUT2D eigenvalue weighted by Gasteiger charge is 2.14. The zero-order valence-electron chi connectivity index (χ0n) is 15.3. The van der Waals surface area contributed by atoms with Gasteiger partial charge in [0.05, 0.1) is 11.1 Å². The van der Waals surface area contributed by atoms with Gasteiger partial charge in [-0.25, -0.2) is 4.98 Å². The number of rotatable bonds is 5. The van der Waals surface area contributed by atoms with Gasteiger partial charge < -0.3 is 9.40 Å². The van der Waals surface area contributed by atoms with E-state index < -0.39 is 0 Å². The van der Waals surface area contributed by atoms with Crippen LogP contribution >= 0.6 is 34.7 Å². The van der Waals surface area contributed by atoms with E-state index in [1.807, 2.05) is 47.8 Å². The van der Waals surface area contributed by atoms with Gasteiger partial charge in [0.2, 0.25) is 5.89 Å². The maximum Gasteiger partial charge on any atom is 0.277 e. The lowest BCUT2D eigenvalue weighted by molar-refractivity contribution is 0.465. The molecule has 30 heavy (non-hydrogen) atoms. The van der Waals surface area contributed by atoms with Crippen LogP contribution < -0.4 is 5.56 Å². The lowest BCUT2D eigenvalue weighted by atomic mass is 10.1. The van der Waals surface area contributed by atoms with Crippen LogP contribution in [0.5, 0.6) is 0 Å². The van der Waals surface area contributed by atoms with Crippen molar-refractivity contribution in [1.82, 2.24) is 20.2 Å². The van der Waals surface area contributed by atoms with Crippen LogP contribution in [0.25, 0.3) is 32.8 Å². The molecule has 0 aliphatic carbocycles. The summed E-state index contributed by atoms with van der Waals surface area (Å²) in [4.78, 5) is 20.9. The summed E-state index contributed by atoms with van der Waals surface area (Å²) in [5.41, 5.74) is 2.47. The van der Waals surface area contributed by atoms with Gasteiger partial charge in [0.15, 0.2) is 0 Å². The average Bonchev–Trinajstić information content (AvgIpc) is 3.41. The second-order valence-corrected chi connectivity index (χ2v) is 8.60. The first-order valence-electron chi connectivity index (χ1n) is 8.95. The molecule has 0 aliphatic rings. The minimum Gasteiger partial charge on any atom is -0.411 e. The maximum absolute atomic E-state index is 12.7. The molecule has 0 bridgehead atoms. The van der Waals surface area contributed by atoms with Crippen LogP contribution in [-0.4, -0.2) is 20.2 Å². The largest absolute Gasteiger partial charge is 0.411 e. The fraction of sp³-hybridized carbons (Fsp3) is 0.0476. The molecule has 148 valence electrons. The Kier molecular flexibility index (Phi) is 5.12. The molecule has 0 unspecified atom stereocenters. The third-order valence-corrected chi connectivity index (χ3v) is 6.36. The number of fused-ring (bicyclic) bond motifs is 1. The van der Waals surface area contributed by atoms with Gasteiger partial charge in [-0.1, -0.05) is 53.7 Å². The van der Waals surface area contributed by atoms with Crippen LogP contribution in [0.2, 0.25) is 5.02 Å². The Bertz CT molecular complexity index is 1380. The number of benzene rings is 2. The zero-order chi connectivity index (χ0) is 20.5. The molecule has 5 rings (SSSR count). The topological polar surface area (TPSA) is 84.7 Å². The molecular weight excluding hydrogens is 440 g/mol. The van der Waals surface area contributed by atoms with E-state index in [1.165, 1.54) is 23.1 Å². The number of nitrogens with zero attached hydrogens (tertiary/aromatic N) is 3. The van der Waals surface area contributed by atoms with Crippen molar-refractivity contribution in [2.24, 2.45) is 0 Å². The lowest BCUT2D eigenvalue weighted by Gasteiger charge is -2.01. The number of aromatic nitrogens is 4. The highest BCUT2D eigenvalue weighted by Crippen LogP contribution is 2.32. The van der Waals surface area contributed by atoms with Gasteiger partial charge in [-0.15, -0.1) is 21.5 Å². The zero-order valence-corrected chi connectivity index (χ0v) is 17.7. The molecule has 9 heteroatoms. The molecule has 6 nitrogen and oxygen atoms in total. The van der Waals surface area contributed by atoms with Crippen molar-refractivity contribution in [1.29, 1.82) is 0 Å². The normalized spacial score (nSPS) is 11.2. The first-order chi connectivity index (χ1) is 14.7. The minimum absolute atomic E-state index is 0.169. The Morgan fingerprint density at radius 3 is 2.63 bits per heavy atom. The predicted molar refractivity (Wildman–Crippen MR) is 120 cm³/mol. The monoisotopic (exact) mass is 452 g/mol. The van der Waals surface area contributed by atoms with Crippen LogP contribution in [0.4, 0.5) is 0 Å². The van der Waals surface area contributed by atoms with E-state index >= 15 is 0 Å². The molecule has 2 aromatic carbocycles. The first kappa shape index (κ1) is 19.0. The van der Waals surface area contributed by atoms with Crippen molar-refractivity contribution in [3.8, 4) is 22.6 Å². The molecule has 5 aromatic rings. The number of thioether (sulfide) groups is 1. The lowest BCUT2D eigenvalue weighted by Crippen LogP contribution is -2.10. The van der Waals surface area contributed by atoms with Gasteiger partial charge in [-0.2, -0.15) is 0 Å². The first-order valence-corrected chi connectivity index (χ1v) is 11.2. The van der Waals surface area contributed by atoms with Gasteiger partial charge in [-0.05, 0) is 29.8 Å². The van der Waals surface area contributed by atoms with E-state index in [9.17, 15) is 4.79 Å². The Balaban J connectivity index is 1.38. The van der Waals surface area contributed by atoms with Crippen molar-refractivity contribution in [2.45, 2.75) is 11.0 Å². The summed E-state index contributed by atoms with van der Waals surface area (Å²) < 4.78 is 5.69. The molecule has 0 saturated carbocycles.